The quantitative estimate of drug-likeness (QED) is 0.629. The topological polar surface area (TPSA) is 98.5 Å². The molecule has 8 nitrogen and oxygen atoms in total. The van der Waals surface area contributed by atoms with Crippen molar-refractivity contribution in [1.29, 1.82) is 0 Å². The van der Waals surface area contributed by atoms with Crippen LogP contribution in [0.3, 0.4) is 0 Å². The molecule has 1 aromatic carbocycles. The standard InChI is InChI=1S/C15H14N4O4/c20-15(11-2-1-3-12(8-11)19(21)22)18-7-4-13(10-18)23-14-9-16-5-6-17-14/h1-3,5-6,8-9,13H,4,7,10H2. The highest BCUT2D eigenvalue weighted by Gasteiger charge is 2.29. The van der Waals surface area contributed by atoms with Crippen LogP contribution in [0.1, 0.15) is 16.8 Å². The molecule has 1 atom stereocenters. The molecular formula is C15H14N4O4. The lowest BCUT2D eigenvalue weighted by atomic mass is 10.2. The third kappa shape index (κ3) is 3.42. The highest BCUT2D eigenvalue weighted by molar-refractivity contribution is 5.95. The summed E-state index contributed by atoms with van der Waals surface area (Å²) in [5.41, 5.74) is 0.210. The van der Waals surface area contributed by atoms with Gasteiger partial charge in [-0.25, -0.2) is 4.98 Å². The molecule has 1 aromatic heterocycles. The molecule has 2 heterocycles. The first-order valence-electron chi connectivity index (χ1n) is 7.10. The summed E-state index contributed by atoms with van der Waals surface area (Å²) < 4.78 is 5.68. The van der Waals surface area contributed by atoms with Crippen molar-refractivity contribution in [2.45, 2.75) is 12.5 Å². The summed E-state index contributed by atoms with van der Waals surface area (Å²) in [6.07, 6.45) is 5.13. The minimum absolute atomic E-state index is 0.0950. The van der Waals surface area contributed by atoms with Gasteiger partial charge in [0.15, 0.2) is 0 Å². The van der Waals surface area contributed by atoms with E-state index in [1.807, 2.05) is 0 Å². The lowest BCUT2D eigenvalue weighted by Gasteiger charge is -2.16. The fraction of sp³-hybridized carbons (Fsp3) is 0.267. The lowest BCUT2D eigenvalue weighted by molar-refractivity contribution is -0.384. The predicted octanol–water partition coefficient (Wildman–Crippen LogP) is 1.68. The summed E-state index contributed by atoms with van der Waals surface area (Å²) in [6, 6.07) is 5.74. The van der Waals surface area contributed by atoms with E-state index < -0.39 is 4.92 Å². The minimum atomic E-state index is -0.513. The zero-order chi connectivity index (χ0) is 16.2. The largest absolute Gasteiger partial charge is 0.471 e. The number of benzene rings is 1. The smallest absolute Gasteiger partial charge is 0.270 e. The van der Waals surface area contributed by atoms with E-state index in [0.717, 1.165) is 0 Å². The van der Waals surface area contributed by atoms with Crippen molar-refractivity contribution in [3.05, 3.63) is 58.5 Å². The van der Waals surface area contributed by atoms with Crippen LogP contribution in [0.5, 0.6) is 5.88 Å². The maximum absolute atomic E-state index is 12.4. The number of rotatable bonds is 4. The number of carbonyl (C=O) groups is 1. The Bertz CT molecular complexity index is 722. The van der Waals surface area contributed by atoms with Crippen LogP contribution in [-0.2, 0) is 0 Å². The third-order valence-corrected chi connectivity index (χ3v) is 3.56. The molecule has 0 aliphatic carbocycles. The van der Waals surface area contributed by atoms with Crippen LogP contribution >= 0.6 is 0 Å². The van der Waals surface area contributed by atoms with Gasteiger partial charge < -0.3 is 9.64 Å². The monoisotopic (exact) mass is 314 g/mol. The van der Waals surface area contributed by atoms with Gasteiger partial charge in [0.1, 0.15) is 6.10 Å². The molecule has 1 fully saturated rings. The summed E-state index contributed by atoms with van der Waals surface area (Å²) in [6.45, 7) is 0.949. The van der Waals surface area contributed by atoms with Crippen LogP contribution in [0, 0.1) is 10.1 Å². The van der Waals surface area contributed by atoms with Crippen molar-refractivity contribution in [1.82, 2.24) is 14.9 Å². The van der Waals surface area contributed by atoms with Crippen molar-refractivity contribution in [3.8, 4) is 5.88 Å². The first-order chi connectivity index (χ1) is 11.1. The Morgan fingerprint density at radius 3 is 3.00 bits per heavy atom. The van der Waals surface area contributed by atoms with Gasteiger partial charge >= 0.3 is 0 Å². The molecule has 8 heteroatoms. The molecule has 3 rings (SSSR count). The molecule has 1 unspecified atom stereocenters. The van der Waals surface area contributed by atoms with E-state index in [2.05, 4.69) is 9.97 Å². The Morgan fingerprint density at radius 2 is 2.26 bits per heavy atom. The number of hydrogen-bond donors (Lipinski definition) is 0. The molecule has 0 radical (unpaired) electrons. The van der Waals surface area contributed by atoms with Crippen LogP contribution in [0.4, 0.5) is 5.69 Å². The van der Waals surface area contributed by atoms with Gasteiger partial charge in [0.25, 0.3) is 11.6 Å². The van der Waals surface area contributed by atoms with E-state index in [0.29, 0.717) is 31.0 Å². The maximum atomic E-state index is 12.4. The Labute approximate surface area is 131 Å². The summed E-state index contributed by atoms with van der Waals surface area (Å²) in [5, 5.41) is 10.8. The first-order valence-corrected chi connectivity index (χ1v) is 7.10. The second-order valence-electron chi connectivity index (χ2n) is 5.13. The number of hydrogen-bond acceptors (Lipinski definition) is 6. The molecular weight excluding hydrogens is 300 g/mol. The Balaban J connectivity index is 1.65. The minimum Gasteiger partial charge on any atom is -0.471 e. The van der Waals surface area contributed by atoms with Crippen molar-refractivity contribution in [2.75, 3.05) is 13.1 Å². The van der Waals surface area contributed by atoms with Crippen LogP contribution in [0.15, 0.2) is 42.9 Å². The molecule has 1 aliphatic rings. The average molecular weight is 314 g/mol. The van der Waals surface area contributed by atoms with Crippen molar-refractivity contribution in [3.63, 3.8) is 0 Å². The summed E-state index contributed by atoms with van der Waals surface area (Å²) >= 11 is 0. The Kier molecular flexibility index (Phi) is 4.13. The van der Waals surface area contributed by atoms with Crippen molar-refractivity contribution >= 4 is 11.6 Å². The first kappa shape index (κ1) is 14.9. The highest BCUT2D eigenvalue weighted by atomic mass is 16.6. The number of carbonyl (C=O) groups excluding carboxylic acids is 1. The van der Waals surface area contributed by atoms with E-state index >= 15 is 0 Å². The summed E-state index contributed by atoms with van der Waals surface area (Å²) in [5.74, 6) is 0.182. The van der Waals surface area contributed by atoms with Crippen molar-refractivity contribution < 1.29 is 14.5 Å². The molecule has 1 saturated heterocycles. The van der Waals surface area contributed by atoms with Crippen LogP contribution < -0.4 is 4.74 Å². The molecule has 118 valence electrons. The highest BCUT2D eigenvalue weighted by Crippen LogP contribution is 2.20. The van der Waals surface area contributed by atoms with Gasteiger partial charge in [0.2, 0.25) is 5.88 Å². The van der Waals surface area contributed by atoms with Gasteiger partial charge in [-0.2, -0.15) is 0 Å². The molecule has 1 aliphatic heterocycles. The number of nitro groups is 1. The number of nitro benzene ring substituents is 1. The third-order valence-electron chi connectivity index (χ3n) is 3.56. The van der Waals surface area contributed by atoms with E-state index in [-0.39, 0.29) is 17.7 Å². The Hall–Kier alpha value is -3.03. The average Bonchev–Trinajstić information content (AvgIpc) is 3.03. The maximum Gasteiger partial charge on any atom is 0.270 e. The molecule has 0 spiro atoms. The van der Waals surface area contributed by atoms with Gasteiger partial charge in [-0.15, -0.1) is 0 Å². The molecule has 1 amide bonds. The van der Waals surface area contributed by atoms with E-state index in [4.69, 9.17) is 4.74 Å². The molecule has 0 saturated carbocycles. The van der Waals surface area contributed by atoms with Crippen LogP contribution in [0.25, 0.3) is 0 Å². The number of nitrogens with zero attached hydrogens (tertiary/aromatic N) is 4. The molecule has 23 heavy (non-hydrogen) atoms. The number of aromatic nitrogens is 2. The normalized spacial score (nSPS) is 17.0. The molecule has 0 bridgehead atoms. The number of non-ortho nitro benzene ring substituents is 1. The SMILES string of the molecule is O=C(c1cccc([N+](=O)[O-])c1)N1CCC(Oc2cnccn2)C1. The number of ether oxygens (including phenoxy) is 1. The predicted molar refractivity (Wildman–Crippen MR) is 80.1 cm³/mol. The van der Waals surface area contributed by atoms with Gasteiger partial charge in [-0.1, -0.05) is 6.07 Å². The zero-order valence-corrected chi connectivity index (χ0v) is 12.2. The second kappa shape index (κ2) is 6.39. The van der Waals surface area contributed by atoms with Crippen LogP contribution in [0.2, 0.25) is 0 Å². The summed E-state index contributed by atoms with van der Waals surface area (Å²) in [7, 11) is 0. The van der Waals surface area contributed by atoms with Gasteiger partial charge in [-0.3, -0.25) is 19.9 Å². The van der Waals surface area contributed by atoms with Gasteiger partial charge in [0.05, 0.1) is 17.7 Å². The zero-order valence-electron chi connectivity index (χ0n) is 12.2. The Morgan fingerprint density at radius 1 is 1.39 bits per heavy atom. The number of likely N-dealkylation sites (tertiary alicyclic amines) is 1. The second-order valence-corrected chi connectivity index (χ2v) is 5.13. The van der Waals surface area contributed by atoms with E-state index in [9.17, 15) is 14.9 Å². The molecule has 0 N–H and O–H groups in total. The van der Waals surface area contributed by atoms with Crippen molar-refractivity contribution in [2.24, 2.45) is 0 Å². The van der Waals surface area contributed by atoms with Gasteiger partial charge in [-0.05, 0) is 6.07 Å². The van der Waals surface area contributed by atoms with Crippen LogP contribution in [-0.4, -0.2) is 44.9 Å². The summed E-state index contributed by atoms with van der Waals surface area (Å²) in [4.78, 5) is 32.3. The fourth-order valence-corrected chi connectivity index (χ4v) is 2.46. The van der Waals surface area contributed by atoms with Gasteiger partial charge in [0, 0.05) is 43.1 Å². The van der Waals surface area contributed by atoms with E-state index in [1.54, 1.807) is 17.2 Å². The molecule has 2 aromatic rings. The lowest BCUT2D eigenvalue weighted by Crippen LogP contribution is -2.31. The van der Waals surface area contributed by atoms with E-state index in [1.165, 1.54) is 30.6 Å². The number of amides is 1. The fourth-order valence-electron chi connectivity index (χ4n) is 2.46.